The third-order valence-corrected chi connectivity index (χ3v) is 6.94. The van der Waals surface area contributed by atoms with Crippen LogP contribution >= 0.6 is 38.9 Å². The van der Waals surface area contributed by atoms with Gasteiger partial charge in [-0.2, -0.15) is 0 Å². The third kappa shape index (κ3) is 4.64. The highest BCUT2D eigenvalue weighted by molar-refractivity contribution is 9.10. The molecule has 1 aliphatic rings. The van der Waals surface area contributed by atoms with Crippen LogP contribution in [0, 0.1) is 0 Å². The number of nitrogens with zero attached hydrogens (tertiary/aromatic N) is 3. The van der Waals surface area contributed by atoms with Crippen molar-refractivity contribution in [1.82, 2.24) is 4.57 Å². The van der Waals surface area contributed by atoms with Crippen LogP contribution in [0.3, 0.4) is 0 Å². The minimum absolute atomic E-state index is 0.273. The van der Waals surface area contributed by atoms with Crippen LogP contribution in [0.2, 0.25) is 5.02 Å². The SMILES string of the molecule is CC1=C(C(=O)OC(C)C)[C@H](c2ccc(Cl)cc2)n2c(s/c(=C/c3cc(Br)c(N(C)C)o3)c2=O)=N1. The summed E-state index contributed by atoms with van der Waals surface area (Å²) in [6, 6.07) is 8.19. The highest BCUT2D eigenvalue weighted by Gasteiger charge is 2.33. The van der Waals surface area contributed by atoms with Crippen molar-refractivity contribution in [3.05, 3.63) is 82.1 Å². The van der Waals surface area contributed by atoms with Gasteiger partial charge in [-0.05, 0) is 54.4 Å². The first-order valence-electron chi connectivity index (χ1n) is 10.5. The average molecular weight is 565 g/mol. The fourth-order valence-electron chi connectivity index (χ4n) is 3.70. The molecule has 1 aliphatic heterocycles. The summed E-state index contributed by atoms with van der Waals surface area (Å²) in [5.41, 5.74) is 1.29. The van der Waals surface area contributed by atoms with Gasteiger partial charge in [0.25, 0.3) is 5.56 Å². The summed E-state index contributed by atoms with van der Waals surface area (Å²) in [5.74, 6) is 0.669. The maximum atomic E-state index is 13.6. The molecule has 0 radical (unpaired) electrons. The molecule has 0 amide bonds. The van der Waals surface area contributed by atoms with E-state index < -0.39 is 12.0 Å². The Balaban J connectivity index is 1.92. The molecule has 0 saturated heterocycles. The molecule has 3 heterocycles. The van der Waals surface area contributed by atoms with E-state index in [2.05, 4.69) is 20.9 Å². The molecule has 2 aromatic heterocycles. The van der Waals surface area contributed by atoms with Crippen molar-refractivity contribution in [2.45, 2.75) is 32.9 Å². The highest BCUT2D eigenvalue weighted by atomic mass is 79.9. The number of halogens is 2. The van der Waals surface area contributed by atoms with Gasteiger partial charge in [0, 0.05) is 31.3 Å². The van der Waals surface area contributed by atoms with Gasteiger partial charge < -0.3 is 14.1 Å². The molecular formula is C24H23BrClN3O4S. The van der Waals surface area contributed by atoms with E-state index in [1.165, 1.54) is 15.9 Å². The van der Waals surface area contributed by atoms with Crippen LogP contribution in [0.5, 0.6) is 0 Å². The van der Waals surface area contributed by atoms with Crippen LogP contribution < -0.4 is 19.8 Å². The standard InChI is InChI=1S/C24H23BrClN3O4S/c1-12(2)32-23(31)19-13(3)27-24-29(20(19)14-6-8-15(26)9-7-14)21(30)18(34-24)11-16-10-17(25)22(33-16)28(4)5/h6-12,20H,1-5H3/b18-11+/t20-/m0/s1. The predicted octanol–water partition coefficient (Wildman–Crippen LogP) is 4.26. The average Bonchev–Trinajstić information content (AvgIpc) is 3.26. The number of thiazole rings is 1. The zero-order valence-electron chi connectivity index (χ0n) is 19.3. The fourth-order valence-corrected chi connectivity index (χ4v) is 5.52. The van der Waals surface area contributed by atoms with Crippen LogP contribution in [-0.2, 0) is 9.53 Å². The van der Waals surface area contributed by atoms with Gasteiger partial charge >= 0.3 is 5.97 Å². The van der Waals surface area contributed by atoms with Crippen molar-refractivity contribution in [1.29, 1.82) is 0 Å². The second-order valence-electron chi connectivity index (χ2n) is 8.28. The van der Waals surface area contributed by atoms with Gasteiger partial charge in [-0.25, -0.2) is 9.79 Å². The van der Waals surface area contributed by atoms with Crippen molar-refractivity contribution < 1.29 is 13.9 Å². The smallest absolute Gasteiger partial charge is 0.338 e. The fraction of sp³-hybridized carbons (Fsp3) is 0.292. The lowest BCUT2D eigenvalue weighted by Gasteiger charge is -2.25. The van der Waals surface area contributed by atoms with Crippen LogP contribution in [0.25, 0.3) is 6.08 Å². The van der Waals surface area contributed by atoms with E-state index in [0.29, 0.717) is 37.3 Å². The Kier molecular flexibility index (Phi) is 6.89. The molecule has 178 valence electrons. The lowest BCUT2D eigenvalue weighted by molar-refractivity contribution is -0.143. The number of fused-ring (bicyclic) bond motifs is 1. The number of aromatic nitrogens is 1. The predicted molar refractivity (Wildman–Crippen MR) is 137 cm³/mol. The summed E-state index contributed by atoms with van der Waals surface area (Å²) in [6.45, 7) is 5.32. The van der Waals surface area contributed by atoms with Gasteiger partial charge in [-0.1, -0.05) is 35.1 Å². The third-order valence-electron chi connectivity index (χ3n) is 5.14. The molecule has 0 spiro atoms. The van der Waals surface area contributed by atoms with E-state index >= 15 is 0 Å². The number of carbonyl (C=O) groups excluding carboxylic acids is 1. The van der Waals surface area contributed by atoms with E-state index in [9.17, 15) is 9.59 Å². The van der Waals surface area contributed by atoms with Gasteiger partial charge in [0.05, 0.1) is 32.4 Å². The zero-order valence-corrected chi connectivity index (χ0v) is 22.4. The van der Waals surface area contributed by atoms with Crippen LogP contribution in [0.1, 0.15) is 38.1 Å². The second-order valence-corrected chi connectivity index (χ2v) is 10.6. The van der Waals surface area contributed by atoms with Gasteiger partial charge in [0.15, 0.2) is 4.80 Å². The summed E-state index contributed by atoms with van der Waals surface area (Å²) in [6.07, 6.45) is 1.37. The van der Waals surface area contributed by atoms with E-state index in [1.807, 2.05) is 19.0 Å². The maximum absolute atomic E-state index is 13.6. The Labute approximate surface area is 213 Å². The van der Waals surface area contributed by atoms with Crippen LogP contribution in [-0.4, -0.2) is 30.7 Å². The number of rotatable bonds is 5. The molecule has 0 N–H and O–H groups in total. The maximum Gasteiger partial charge on any atom is 0.338 e. The normalized spacial score (nSPS) is 16.0. The first kappa shape index (κ1) is 24.5. The minimum atomic E-state index is -0.692. The second kappa shape index (κ2) is 9.56. The topological polar surface area (TPSA) is 77.0 Å². The first-order chi connectivity index (χ1) is 16.1. The van der Waals surface area contributed by atoms with Crippen molar-refractivity contribution >= 4 is 56.8 Å². The summed E-state index contributed by atoms with van der Waals surface area (Å²) in [5, 5.41) is 0.559. The van der Waals surface area contributed by atoms with Gasteiger partial charge in [0.1, 0.15) is 5.76 Å². The number of furan rings is 1. The van der Waals surface area contributed by atoms with E-state index in [1.54, 1.807) is 57.2 Å². The molecule has 3 aromatic rings. The summed E-state index contributed by atoms with van der Waals surface area (Å²) < 4.78 is 14.1. The number of benzene rings is 1. The Morgan fingerprint density at radius 3 is 2.59 bits per heavy atom. The molecule has 0 unspecified atom stereocenters. The Bertz CT molecular complexity index is 1470. The van der Waals surface area contributed by atoms with Crippen molar-refractivity contribution in [3.8, 4) is 0 Å². The monoisotopic (exact) mass is 563 g/mol. The first-order valence-corrected chi connectivity index (χ1v) is 12.5. The summed E-state index contributed by atoms with van der Waals surface area (Å²) >= 11 is 10.8. The molecule has 0 fully saturated rings. The minimum Gasteiger partial charge on any atom is -0.459 e. The van der Waals surface area contributed by atoms with E-state index in [0.717, 1.165) is 10.0 Å². The van der Waals surface area contributed by atoms with E-state index in [-0.39, 0.29) is 11.7 Å². The summed E-state index contributed by atoms with van der Waals surface area (Å²) in [7, 11) is 3.74. The Hall–Kier alpha value is -2.62. The number of hydrogen-bond donors (Lipinski definition) is 0. The molecule has 0 saturated carbocycles. The van der Waals surface area contributed by atoms with Crippen LogP contribution in [0.4, 0.5) is 5.88 Å². The molecular weight excluding hydrogens is 542 g/mol. The number of allylic oxidation sites excluding steroid dienone is 1. The molecule has 0 bridgehead atoms. The molecule has 1 atom stereocenters. The molecule has 34 heavy (non-hydrogen) atoms. The molecule has 4 rings (SSSR count). The van der Waals surface area contributed by atoms with Gasteiger partial charge in [0.2, 0.25) is 5.88 Å². The van der Waals surface area contributed by atoms with Gasteiger partial charge in [-0.15, -0.1) is 0 Å². The number of hydrogen-bond acceptors (Lipinski definition) is 7. The number of esters is 1. The van der Waals surface area contributed by atoms with Crippen molar-refractivity contribution in [2.24, 2.45) is 4.99 Å². The summed E-state index contributed by atoms with van der Waals surface area (Å²) in [4.78, 5) is 33.6. The zero-order chi connectivity index (χ0) is 24.7. The van der Waals surface area contributed by atoms with Crippen molar-refractivity contribution in [3.63, 3.8) is 0 Å². The molecule has 1 aromatic carbocycles. The molecule has 7 nitrogen and oxygen atoms in total. The number of anilines is 1. The largest absolute Gasteiger partial charge is 0.459 e. The lowest BCUT2D eigenvalue weighted by atomic mass is 9.96. The molecule has 0 aliphatic carbocycles. The highest BCUT2D eigenvalue weighted by Crippen LogP contribution is 2.32. The Morgan fingerprint density at radius 1 is 1.32 bits per heavy atom. The quantitative estimate of drug-likeness (QED) is 0.433. The Morgan fingerprint density at radius 2 is 2.00 bits per heavy atom. The molecule has 10 heteroatoms. The number of ether oxygens (including phenoxy) is 1. The van der Waals surface area contributed by atoms with Crippen molar-refractivity contribution in [2.75, 3.05) is 19.0 Å². The van der Waals surface area contributed by atoms with Crippen LogP contribution in [0.15, 0.2) is 60.3 Å². The lowest BCUT2D eigenvalue weighted by Crippen LogP contribution is -2.40. The van der Waals surface area contributed by atoms with E-state index in [4.69, 9.17) is 20.8 Å². The van der Waals surface area contributed by atoms with Gasteiger partial charge in [-0.3, -0.25) is 9.36 Å². The number of carbonyl (C=O) groups is 1.